The number of pyridine rings is 2. The van der Waals surface area contributed by atoms with Crippen LogP contribution >= 0.6 is 0 Å². The Bertz CT molecular complexity index is 2550. The van der Waals surface area contributed by atoms with Crippen LogP contribution < -0.4 is 0 Å². The maximum Gasteiger partial charge on any atom is 0.0731 e. The highest BCUT2D eigenvalue weighted by molar-refractivity contribution is 5.86. The summed E-state index contributed by atoms with van der Waals surface area (Å²) in [6, 6.07) is 42.2. The number of rotatable bonds is 52. The van der Waals surface area contributed by atoms with E-state index in [0.717, 1.165) is 59.7 Å². The van der Waals surface area contributed by atoms with Crippen molar-refractivity contribution in [2.45, 2.75) is 316 Å². The van der Waals surface area contributed by atoms with E-state index in [1.165, 1.54) is 290 Å². The highest BCUT2D eigenvalue weighted by Gasteiger charge is 2.42. The fraction of sp³-hybridized carbons (Fsp3) is 0.600. The van der Waals surface area contributed by atoms with Crippen LogP contribution in [-0.4, -0.2) is 23.2 Å². The third-order valence-electron chi connectivity index (χ3n) is 19.8. The molecule has 2 aromatic heterocycles. The predicted octanol–water partition coefficient (Wildman–Crippen LogP) is 26.9. The van der Waals surface area contributed by atoms with Gasteiger partial charge in [0.15, 0.2) is 0 Å². The Morgan fingerprint density at radius 2 is 0.539 bits per heavy atom. The van der Waals surface area contributed by atoms with E-state index in [-0.39, 0.29) is 5.41 Å². The third-order valence-corrected chi connectivity index (χ3v) is 19.8. The fourth-order valence-corrected chi connectivity index (χ4v) is 14.1. The zero-order valence-electron chi connectivity index (χ0n) is 57.3. The number of ether oxygens (including phenoxy) is 2. The van der Waals surface area contributed by atoms with Gasteiger partial charge >= 0.3 is 0 Å². The Kier molecular flexibility index (Phi) is 35.2. The van der Waals surface area contributed by atoms with Crippen molar-refractivity contribution in [1.82, 2.24) is 9.97 Å². The predicted molar refractivity (Wildman–Crippen MR) is 386 cm³/mol. The second kappa shape index (κ2) is 43.8. The summed E-state index contributed by atoms with van der Waals surface area (Å²) < 4.78 is 12.2. The van der Waals surface area contributed by atoms with Crippen LogP contribution in [-0.2, 0) is 28.1 Å². The van der Waals surface area contributed by atoms with Gasteiger partial charge in [-0.3, -0.25) is 9.97 Å². The van der Waals surface area contributed by atoms with Crippen LogP contribution in [0.5, 0.6) is 0 Å². The molecule has 4 heteroatoms. The van der Waals surface area contributed by atoms with Gasteiger partial charge in [-0.2, -0.15) is 0 Å². The van der Waals surface area contributed by atoms with E-state index in [2.05, 4.69) is 137 Å². The number of aromatic nitrogens is 2. The van der Waals surface area contributed by atoms with Gasteiger partial charge in [0.05, 0.1) is 24.6 Å². The van der Waals surface area contributed by atoms with Crippen LogP contribution in [0.25, 0.3) is 55.9 Å². The van der Waals surface area contributed by atoms with E-state index < -0.39 is 0 Å². The third kappa shape index (κ3) is 25.3. The smallest absolute Gasteiger partial charge is 0.0731 e. The van der Waals surface area contributed by atoms with Crippen molar-refractivity contribution >= 4 is 0 Å². The molecule has 0 atom stereocenters. The minimum atomic E-state index is -0.0396. The molecule has 0 saturated carbocycles. The minimum absolute atomic E-state index is 0.0396. The lowest BCUT2D eigenvalue weighted by Gasteiger charge is -2.33. The fourth-order valence-electron chi connectivity index (χ4n) is 14.1. The number of hydrogen-bond acceptors (Lipinski definition) is 4. The summed E-state index contributed by atoms with van der Waals surface area (Å²) in [6.45, 7) is 12.2. The molecule has 4 aromatic carbocycles. The maximum atomic E-state index is 6.11. The molecule has 0 aliphatic heterocycles. The first kappa shape index (κ1) is 71.5. The molecule has 486 valence electrons. The van der Waals surface area contributed by atoms with Crippen LogP contribution in [0.3, 0.4) is 0 Å². The summed E-state index contributed by atoms with van der Waals surface area (Å²) in [5, 5.41) is 0. The van der Waals surface area contributed by atoms with Crippen LogP contribution in [0.4, 0.5) is 0 Å². The van der Waals surface area contributed by atoms with Crippen LogP contribution in [0, 0.1) is 0 Å². The molecule has 0 saturated heterocycles. The topological polar surface area (TPSA) is 44.2 Å². The lowest BCUT2D eigenvalue weighted by atomic mass is 9.70. The summed E-state index contributed by atoms with van der Waals surface area (Å²) >= 11 is 0. The minimum Gasteiger partial charge on any atom is -0.377 e. The van der Waals surface area contributed by atoms with Crippen LogP contribution in [0.1, 0.15) is 320 Å². The Hall–Kier alpha value is -4.90. The van der Waals surface area contributed by atoms with Crippen molar-refractivity contribution in [3.05, 3.63) is 144 Å². The second-order valence-corrected chi connectivity index (χ2v) is 27.2. The van der Waals surface area contributed by atoms with Gasteiger partial charge in [0.25, 0.3) is 0 Å². The first-order valence-electron chi connectivity index (χ1n) is 37.6. The molecular weight excluding hydrogens is 1080 g/mol. The van der Waals surface area contributed by atoms with Crippen LogP contribution in [0.15, 0.2) is 122 Å². The first-order valence-corrected chi connectivity index (χ1v) is 37.6. The molecule has 0 unspecified atom stereocenters. The molecule has 7 rings (SSSR count). The molecule has 0 bridgehead atoms. The van der Waals surface area contributed by atoms with Crippen molar-refractivity contribution < 1.29 is 9.47 Å². The molecule has 0 fully saturated rings. The standard InChI is InChI=1S/C85H124N2O2/c1-5-9-13-17-21-25-29-33-37-41-61-85(62-42-38-34-30-26-22-18-14-10-6-2)81-65-77(73-47-51-75(52-48-73)83-59-45-71(67-86-83)69-88-63-43-39-35-31-27-23-19-15-11-7-3)55-57-79(81)80-58-56-78(66-82(80)85)74-49-53-76(54-50-74)84-60-46-72(68-87-84)70-89-64-44-40-36-32-28-24-20-16-12-8-4/h45-60,65-68H,5-44,61-64,69-70H2,1-4H3. The summed E-state index contributed by atoms with van der Waals surface area (Å²) in [7, 11) is 0. The maximum absolute atomic E-state index is 6.11. The Balaban J connectivity index is 1.03. The lowest BCUT2D eigenvalue weighted by molar-refractivity contribution is 0.116. The van der Waals surface area contributed by atoms with E-state index in [4.69, 9.17) is 19.4 Å². The van der Waals surface area contributed by atoms with Crippen molar-refractivity contribution in [2.24, 2.45) is 0 Å². The normalized spacial score (nSPS) is 12.5. The highest BCUT2D eigenvalue weighted by Crippen LogP contribution is 2.56. The number of hydrogen-bond donors (Lipinski definition) is 0. The van der Waals surface area contributed by atoms with Gasteiger partial charge in [0.2, 0.25) is 0 Å². The summed E-state index contributed by atoms with van der Waals surface area (Å²) in [6.07, 6.45) is 60.4. The lowest BCUT2D eigenvalue weighted by Crippen LogP contribution is -2.25. The summed E-state index contributed by atoms with van der Waals surface area (Å²) in [4.78, 5) is 9.88. The zero-order chi connectivity index (χ0) is 62.1. The average Bonchev–Trinajstić information content (AvgIpc) is 1.63. The Labute approximate surface area is 545 Å². The summed E-state index contributed by atoms with van der Waals surface area (Å²) in [5.74, 6) is 0. The van der Waals surface area contributed by atoms with E-state index in [9.17, 15) is 0 Å². The first-order chi connectivity index (χ1) is 44.1. The van der Waals surface area contributed by atoms with Crippen molar-refractivity contribution in [2.75, 3.05) is 13.2 Å². The highest BCUT2D eigenvalue weighted by atomic mass is 16.5. The molecule has 0 amide bonds. The second-order valence-electron chi connectivity index (χ2n) is 27.2. The van der Waals surface area contributed by atoms with Gasteiger partial charge in [-0.15, -0.1) is 0 Å². The molecule has 1 aliphatic rings. The number of fused-ring (bicyclic) bond motifs is 3. The van der Waals surface area contributed by atoms with Gasteiger partial charge in [-0.25, -0.2) is 0 Å². The molecule has 0 spiro atoms. The van der Waals surface area contributed by atoms with Crippen LogP contribution in [0.2, 0.25) is 0 Å². The van der Waals surface area contributed by atoms with Gasteiger partial charge < -0.3 is 9.47 Å². The zero-order valence-corrected chi connectivity index (χ0v) is 57.3. The van der Waals surface area contributed by atoms with E-state index in [0.29, 0.717) is 13.2 Å². The van der Waals surface area contributed by atoms with Gasteiger partial charge in [0, 0.05) is 42.1 Å². The monoisotopic (exact) mass is 1200 g/mol. The Morgan fingerprint density at radius 1 is 0.270 bits per heavy atom. The SMILES string of the molecule is CCCCCCCCCCCCOCc1ccc(-c2ccc(-c3ccc4c(c3)C(CCCCCCCCCCCC)(CCCCCCCCCCCC)c3cc(-c5ccc(-c6ccc(COCCCCCCCCCCCC)cn6)cc5)ccc3-4)cc2)nc1. The molecule has 1 aliphatic carbocycles. The number of unbranched alkanes of at least 4 members (excludes halogenated alkanes) is 36. The van der Waals surface area contributed by atoms with Gasteiger partial charge in [0.1, 0.15) is 0 Å². The molecule has 4 nitrogen and oxygen atoms in total. The molecule has 0 N–H and O–H groups in total. The van der Waals surface area contributed by atoms with Gasteiger partial charge in [-0.05, 0) is 106 Å². The van der Waals surface area contributed by atoms with Gasteiger partial charge in [-0.1, -0.05) is 357 Å². The van der Waals surface area contributed by atoms with Crippen molar-refractivity contribution in [1.29, 1.82) is 0 Å². The molecular formula is C85H124N2O2. The molecule has 6 aromatic rings. The van der Waals surface area contributed by atoms with Crippen molar-refractivity contribution in [3.8, 4) is 55.9 Å². The quantitative estimate of drug-likeness (QED) is 0.0357. The molecule has 2 heterocycles. The summed E-state index contributed by atoms with van der Waals surface area (Å²) in [5.41, 5.74) is 17.8. The molecule has 89 heavy (non-hydrogen) atoms. The molecule has 0 radical (unpaired) electrons. The average molecular weight is 1210 g/mol. The number of nitrogens with zero attached hydrogens (tertiary/aromatic N) is 2. The Morgan fingerprint density at radius 3 is 0.831 bits per heavy atom. The largest absolute Gasteiger partial charge is 0.377 e. The van der Waals surface area contributed by atoms with Crippen molar-refractivity contribution in [3.63, 3.8) is 0 Å². The number of benzene rings is 4. The van der Waals surface area contributed by atoms with E-state index >= 15 is 0 Å². The van der Waals surface area contributed by atoms with E-state index in [1.807, 2.05) is 12.4 Å². The van der Waals surface area contributed by atoms with E-state index in [1.54, 1.807) is 11.1 Å².